The van der Waals surface area contributed by atoms with Crippen LogP contribution in [0.1, 0.15) is 12.5 Å². The summed E-state index contributed by atoms with van der Waals surface area (Å²) < 4.78 is 21.6. The van der Waals surface area contributed by atoms with Gasteiger partial charge in [-0.15, -0.1) is 24.0 Å². The zero-order valence-electron chi connectivity index (χ0n) is 17.6. The van der Waals surface area contributed by atoms with E-state index in [-0.39, 0.29) is 24.0 Å². The van der Waals surface area contributed by atoms with Gasteiger partial charge < -0.3 is 29.6 Å². The van der Waals surface area contributed by atoms with E-state index in [2.05, 4.69) is 15.6 Å². The van der Waals surface area contributed by atoms with Gasteiger partial charge in [-0.1, -0.05) is 6.07 Å². The molecular formula is C21H30IN3O4. The van der Waals surface area contributed by atoms with E-state index in [0.717, 1.165) is 29.2 Å². The lowest BCUT2D eigenvalue weighted by Gasteiger charge is -2.15. The summed E-state index contributed by atoms with van der Waals surface area (Å²) in [6.07, 6.45) is 0.813. The molecule has 0 heterocycles. The molecule has 160 valence electrons. The molecule has 8 heteroatoms. The Morgan fingerprint density at radius 2 is 1.55 bits per heavy atom. The highest BCUT2D eigenvalue weighted by atomic mass is 127. The number of ether oxygens (including phenoxy) is 4. The van der Waals surface area contributed by atoms with Gasteiger partial charge >= 0.3 is 0 Å². The maximum atomic E-state index is 5.62. The fraction of sp³-hybridized carbons (Fsp3) is 0.381. The molecule has 0 saturated heterocycles. The van der Waals surface area contributed by atoms with E-state index < -0.39 is 0 Å². The number of aliphatic imine (C=N–C) groups is 1. The maximum Gasteiger partial charge on any atom is 0.195 e. The maximum absolute atomic E-state index is 5.62. The number of guanidine groups is 1. The Hall–Kier alpha value is -2.36. The zero-order chi connectivity index (χ0) is 20.4. The summed E-state index contributed by atoms with van der Waals surface area (Å²) in [4.78, 5) is 4.27. The molecule has 0 unspecified atom stereocenters. The van der Waals surface area contributed by atoms with Crippen molar-refractivity contribution >= 4 is 35.6 Å². The summed E-state index contributed by atoms with van der Waals surface area (Å²) in [6.45, 7) is 3.22. The van der Waals surface area contributed by atoms with E-state index in [4.69, 9.17) is 18.9 Å². The Labute approximate surface area is 189 Å². The lowest BCUT2D eigenvalue weighted by molar-refractivity contribution is 0.311. The van der Waals surface area contributed by atoms with Crippen molar-refractivity contribution in [3.05, 3.63) is 42.0 Å². The lowest BCUT2D eigenvalue weighted by atomic mass is 10.1. The van der Waals surface area contributed by atoms with Gasteiger partial charge in [-0.3, -0.25) is 4.99 Å². The van der Waals surface area contributed by atoms with Gasteiger partial charge in [0.05, 0.1) is 27.9 Å². The van der Waals surface area contributed by atoms with Crippen molar-refractivity contribution in [1.29, 1.82) is 0 Å². The van der Waals surface area contributed by atoms with Crippen LogP contribution in [-0.2, 0) is 6.42 Å². The quantitative estimate of drug-likeness (QED) is 0.299. The second kappa shape index (κ2) is 13.0. The summed E-state index contributed by atoms with van der Waals surface area (Å²) in [7, 11) is 6.63. The molecule has 0 radical (unpaired) electrons. The Morgan fingerprint density at radius 1 is 0.897 bits per heavy atom. The fourth-order valence-electron chi connectivity index (χ4n) is 2.70. The highest BCUT2D eigenvalue weighted by molar-refractivity contribution is 14.0. The number of halogens is 1. The number of nitrogens with zero attached hydrogens (tertiary/aromatic N) is 1. The number of methoxy groups -OCH3 is 3. The monoisotopic (exact) mass is 515 g/mol. The van der Waals surface area contributed by atoms with Crippen LogP contribution in [0.15, 0.2) is 41.4 Å². The predicted octanol–water partition coefficient (Wildman–Crippen LogP) is 3.96. The van der Waals surface area contributed by atoms with Crippen molar-refractivity contribution < 1.29 is 18.9 Å². The van der Waals surface area contributed by atoms with Crippen molar-refractivity contribution in [2.24, 2.45) is 4.99 Å². The van der Waals surface area contributed by atoms with Crippen LogP contribution >= 0.6 is 24.0 Å². The van der Waals surface area contributed by atoms with Crippen LogP contribution in [0.3, 0.4) is 0 Å². The third-order valence-electron chi connectivity index (χ3n) is 4.10. The summed E-state index contributed by atoms with van der Waals surface area (Å²) in [6, 6.07) is 11.6. The molecule has 7 nitrogen and oxygen atoms in total. The second-order valence-electron chi connectivity index (χ2n) is 5.86. The van der Waals surface area contributed by atoms with E-state index in [1.165, 1.54) is 0 Å². The van der Waals surface area contributed by atoms with Gasteiger partial charge in [0.15, 0.2) is 29.0 Å². The minimum absolute atomic E-state index is 0. The molecule has 0 spiro atoms. The van der Waals surface area contributed by atoms with Crippen molar-refractivity contribution in [2.45, 2.75) is 13.3 Å². The molecule has 0 amide bonds. The Morgan fingerprint density at radius 3 is 2.17 bits per heavy atom. The number of benzene rings is 2. The lowest BCUT2D eigenvalue weighted by Crippen LogP contribution is -2.32. The molecule has 0 aliphatic heterocycles. The molecular weight excluding hydrogens is 485 g/mol. The standard InChI is InChI=1S/C21H29N3O4.HI/c1-6-28-20-14-16(8-10-18(20)26-4)24-21(22-2)23-12-11-15-7-9-17(25-3)19(13-15)27-5;/h7-10,13-14H,6,11-12H2,1-5H3,(H2,22,23,24);1H. The smallest absolute Gasteiger partial charge is 0.195 e. The molecule has 0 aliphatic rings. The molecule has 2 aromatic carbocycles. The molecule has 29 heavy (non-hydrogen) atoms. The minimum atomic E-state index is 0. The summed E-state index contributed by atoms with van der Waals surface area (Å²) in [5.41, 5.74) is 2.01. The fourth-order valence-corrected chi connectivity index (χ4v) is 2.70. The molecule has 2 aromatic rings. The van der Waals surface area contributed by atoms with E-state index in [0.29, 0.717) is 30.6 Å². The highest BCUT2D eigenvalue weighted by Crippen LogP contribution is 2.30. The third-order valence-corrected chi connectivity index (χ3v) is 4.10. The van der Waals surface area contributed by atoms with Crippen LogP contribution in [0.4, 0.5) is 5.69 Å². The van der Waals surface area contributed by atoms with Gasteiger partial charge in [0, 0.05) is 25.3 Å². The van der Waals surface area contributed by atoms with E-state index in [1.54, 1.807) is 28.4 Å². The van der Waals surface area contributed by atoms with Gasteiger partial charge in [-0.25, -0.2) is 0 Å². The molecule has 0 fully saturated rings. The van der Waals surface area contributed by atoms with Crippen LogP contribution in [-0.4, -0.2) is 47.5 Å². The van der Waals surface area contributed by atoms with Crippen LogP contribution in [0, 0.1) is 0 Å². The Kier molecular flexibility index (Phi) is 11.0. The van der Waals surface area contributed by atoms with Gasteiger partial charge in [-0.05, 0) is 43.2 Å². The van der Waals surface area contributed by atoms with Gasteiger partial charge in [0.2, 0.25) is 0 Å². The van der Waals surface area contributed by atoms with Crippen LogP contribution < -0.4 is 29.6 Å². The first kappa shape index (κ1) is 24.7. The molecule has 0 saturated carbocycles. The first-order chi connectivity index (χ1) is 13.6. The van der Waals surface area contributed by atoms with Crippen molar-refractivity contribution in [3.8, 4) is 23.0 Å². The van der Waals surface area contributed by atoms with Crippen molar-refractivity contribution in [1.82, 2.24) is 5.32 Å². The SMILES string of the molecule is CCOc1cc(NC(=NC)NCCc2ccc(OC)c(OC)c2)ccc1OC.I. The predicted molar refractivity (Wildman–Crippen MR) is 128 cm³/mol. The normalized spacial score (nSPS) is 10.6. The van der Waals surface area contributed by atoms with E-state index >= 15 is 0 Å². The summed E-state index contributed by atoms with van der Waals surface area (Å²) >= 11 is 0. The average Bonchev–Trinajstić information content (AvgIpc) is 2.73. The van der Waals surface area contributed by atoms with Crippen LogP contribution in [0.25, 0.3) is 0 Å². The van der Waals surface area contributed by atoms with Crippen molar-refractivity contribution in [3.63, 3.8) is 0 Å². The summed E-state index contributed by atoms with van der Waals surface area (Å²) in [5.74, 6) is 3.51. The van der Waals surface area contributed by atoms with Gasteiger partial charge in [0.25, 0.3) is 0 Å². The molecule has 0 atom stereocenters. The molecule has 0 aromatic heterocycles. The van der Waals surface area contributed by atoms with Crippen molar-refractivity contribution in [2.75, 3.05) is 46.8 Å². The zero-order valence-corrected chi connectivity index (χ0v) is 19.9. The second-order valence-corrected chi connectivity index (χ2v) is 5.86. The van der Waals surface area contributed by atoms with E-state index in [9.17, 15) is 0 Å². The highest BCUT2D eigenvalue weighted by Gasteiger charge is 2.08. The first-order valence-corrected chi connectivity index (χ1v) is 9.14. The topological polar surface area (TPSA) is 73.3 Å². The number of rotatable bonds is 9. The molecule has 0 aliphatic carbocycles. The average molecular weight is 515 g/mol. The van der Waals surface area contributed by atoms with Crippen LogP contribution in [0.2, 0.25) is 0 Å². The molecule has 2 rings (SSSR count). The molecule has 0 bridgehead atoms. The van der Waals surface area contributed by atoms with Crippen LogP contribution in [0.5, 0.6) is 23.0 Å². The third kappa shape index (κ3) is 7.19. The van der Waals surface area contributed by atoms with E-state index in [1.807, 2.05) is 43.3 Å². The largest absolute Gasteiger partial charge is 0.493 e. The van der Waals surface area contributed by atoms with Gasteiger partial charge in [-0.2, -0.15) is 0 Å². The molecule has 2 N–H and O–H groups in total. The first-order valence-electron chi connectivity index (χ1n) is 9.14. The number of nitrogens with one attached hydrogen (secondary N) is 2. The number of hydrogen-bond donors (Lipinski definition) is 2. The number of hydrogen-bond acceptors (Lipinski definition) is 5. The van der Waals surface area contributed by atoms with Gasteiger partial charge in [0.1, 0.15) is 0 Å². The summed E-state index contributed by atoms with van der Waals surface area (Å²) in [5, 5.41) is 6.57. The number of anilines is 1. The Bertz CT molecular complexity index is 799. The minimum Gasteiger partial charge on any atom is -0.493 e. The Balaban J connectivity index is 0.00000420.